The Balaban J connectivity index is 2.36. The van der Waals surface area contributed by atoms with E-state index in [2.05, 4.69) is 25.4 Å². The molecule has 0 amide bonds. The minimum atomic E-state index is 0.362. The molecule has 0 bridgehead atoms. The average molecular weight is 177 g/mol. The maximum Gasteiger partial charge on any atom is 0.321 e. The van der Waals surface area contributed by atoms with Gasteiger partial charge < -0.3 is 9.84 Å². The Labute approximate surface area is 74.0 Å². The molecule has 0 saturated heterocycles. The van der Waals surface area contributed by atoms with Gasteiger partial charge in [-0.15, -0.1) is 0 Å². The van der Waals surface area contributed by atoms with Gasteiger partial charge in [-0.2, -0.15) is 4.98 Å². The van der Waals surface area contributed by atoms with Gasteiger partial charge in [-0.25, -0.2) is 4.98 Å². The topological polar surface area (TPSA) is 76.7 Å². The van der Waals surface area contributed by atoms with Crippen LogP contribution in [0.5, 0.6) is 0 Å². The van der Waals surface area contributed by atoms with E-state index in [9.17, 15) is 0 Å². The number of hydrogen-bond donors (Lipinski definition) is 1. The third-order valence-electron chi connectivity index (χ3n) is 1.43. The highest BCUT2D eigenvalue weighted by molar-refractivity contribution is 5.47. The molecule has 66 valence electrons. The third-order valence-corrected chi connectivity index (χ3v) is 1.43. The molecular formula is C7H7N5O. The van der Waals surface area contributed by atoms with Crippen LogP contribution in [0.1, 0.15) is 0 Å². The van der Waals surface area contributed by atoms with Crippen LogP contribution in [-0.4, -0.2) is 27.2 Å². The summed E-state index contributed by atoms with van der Waals surface area (Å²) in [6.07, 6.45) is 4.73. The van der Waals surface area contributed by atoms with Crippen molar-refractivity contribution in [1.82, 2.24) is 20.1 Å². The van der Waals surface area contributed by atoms with Gasteiger partial charge in [-0.05, 0) is 0 Å². The minimum absolute atomic E-state index is 0.362. The van der Waals surface area contributed by atoms with E-state index in [1.807, 2.05) is 0 Å². The van der Waals surface area contributed by atoms with Gasteiger partial charge in [0.2, 0.25) is 5.82 Å². The minimum Gasteiger partial charge on any atom is -0.341 e. The Hall–Kier alpha value is -1.98. The third kappa shape index (κ3) is 1.46. The molecule has 2 aromatic heterocycles. The summed E-state index contributed by atoms with van der Waals surface area (Å²) in [5.74, 6) is 0.428. The molecule has 0 spiro atoms. The fourth-order valence-electron chi connectivity index (χ4n) is 0.844. The summed E-state index contributed by atoms with van der Waals surface area (Å²) in [6.45, 7) is 0. The quantitative estimate of drug-likeness (QED) is 0.722. The summed E-state index contributed by atoms with van der Waals surface area (Å²) in [5, 5.41) is 6.43. The number of hydrogen-bond acceptors (Lipinski definition) is 6. The van der Waals surface area contributed by atoms with Crippen LogP contribution in [0.2, 0.25) is 0 Å². The van der Waals surface area contributed by atoms with Crippen LogP contribution in [0.3, 0.4) is 0 Å². The second-order valence-corrected chi connectivity index (χ2v) is 2.26. The Morgan fingerprint density at radius 3 is 2.92 bits per heavy atom. The summed E-state index contributed by atoms with van der Waals surface area (Å²) < 4.78 is 4.83. The predicted molar refractivity (Wildman–Crippen MR) is 44.9 cm³/mol. The van der Waals surface area contributed by atoms with E-state index in [0.29, 0.717) is 17.5 Å². The van der Waals surface area contributed by atoms with Crippen LogP contribution < -0.4 is 5.32 Å². The van der Waals surface area contributed by atoms with Gasteiger partial charge in [0.05, 0.1) is 6.20 Å². The first-order valence-electron chi connectivity index (χ1n) is 3.68. The van der Waals surface area contributed by atoms with Crippen LogP contribution in [0.25, 0.3) is 11.5 Å². The average Bonchev–Trinajstić information content (AvgIpc) is 2.67. The first-order valence-corrected chi connectivity index (χ1v) is 3.68. The summed E-state index contributed by atoms with van der Waals surface area (Å²) in [6, 6.07) is 0.362. The molecule has 1 N–H and O–H groups in total. The van der Waals surface area contributed by atoms with Gasteiger partial charge in [0.25, 0.3) is 0 Å². The molecule has 6 nitrogen and oxygen atoms in total. The maximum atomic E-state index is 4.83. The molecule has 0 fully saturated rings. The van der Waals surface area contributed by atoms with Gasteiger partial charge in [-0.1, -0.05) is 5.16 Å². The van der Waals surface area contributed by atoms with Gasteiger partial charge >= 0.3 is 6.01 Å². The molecule has 0 saturated carbocycles. The largest absolute Gasteiger partial charge is 0.341 e. The fourth-order valence-corrected chi connectivity index (χ4v) is 0.844. The lowest BCUT2D eigenvalue weighted by atomic mass is 10.4. The van der Waals surface area contributed by atoms with Crippen molar-refractivity contribution in [2.45, 2.75) is 0 Å². The Morgan fingerprint density at radius 1 is 1.38 bits per heavy atom. The molecule has 2 heterocycles. The van der Waals surface area contributed by atoms with Gasteiger partial charge in [0.1, 0.15) is 5.69 Å². The zero-order chi connectivity index (χ0) is 9.10. The van der Waals surface area contributed by atoms with E-state index in [1.54, 1.807) is 25.6 Å². The summed E-state index contributed by atoms with van der Waals surface area (Å²) in [5.41, 5.74) is 0.591. The smallest absolute Gasteiger partial charge is 0.321 e. The lowest BCUT2D eigenvalue weighted by Crippen LogP contribution is -1.88. The molecule has 0 aliphatic rings. The molecular weight excluding hydrogens is 170 g/mol. The number of nitrogens with zero attached hydrogens (tertiary/aromatic N) is 4. The molecule has 0 aliphatic carbocycles. The maximum absolute atomic E-state index is 4.83. The number of aromatic nitrogens is 4. The van der Waals surface area contributed by atoms with E-state index in [1.165, 1.54) is 0 Å². The van der Waals surface area contributed by atoms with Crippen molar-refractivity contribution < 1.29 is 4.52 Å². The van der Waals surface area contributed by atoms with Gasteiger partial charge in [0.15, 0.2) is 0 Å². The fraction of sp³-hybridized carbons (Fsp3) is 0.143. The predicted octanol–water partition coefficient (Wildman–Crippen LogP) is 0.568. The zero-order valence-corrected chi connectivity index (χ0v) is 6.93. The van der Waals surface area contributed by atoms with E-state index in [0.717, 1.165) is 0 Å². The molecule has 0 radical (unpaired) electrons. The van der Waals surface area contributed by atoms with Crippen molar-refractivity contribution in [1.29, 1.82) is 0 Å². The highest BCUT2D eigenvalue weighted by atomic mass is 16.5. The van der Waals surface area contributed by atoms with Crippen molar-refractivity contribution in [3.05, 3.63) is 18.6 Å². The number of rotatable bonds is 2. The van der Waals surface area contributed by atoms with Crippen molar-refractivity contribution in [3.8, 4) is 11.5 Å². The van der Waals surface area contributed by atoms with E-state index >= 15 is 0 Å². The number of nitrogens with one attached hydrogen (secondary N) is 1. The lowest BCUT2D eigenvalue weighted by molar-refractivity contribution is 0.434. The molecule has 2 rings (SSSR count). The second kappa shape index (κ2) is 3.18. The van der Waals surface area contributed by atoms with Crippen molar-refractivity contribution in [2.24, 2.45) is 0 Å². The summed E-state index contributed by atoms with van der Waals surface area (Å²) in [7, 11) is 1.70. The summed E-state index contributed by atoms with van der Waals surface area (Å²) >= 11 is 0. The molecule has 0 atom stereocenters. The van der Waals surface area contributed by atoms with E-state index in [4.69, 9.17) is 4.52 Å². The van der Waals surface area contributed by atoms with Crippen LogP contribution >= 0.6 is 0 Å². The molecule has 6 heteroatoms. The van der Waals surface area contributed by atoms with Crippen LogP contribution in [0.15, 0.2) is 23.1 Å². The monoisotopic (exact) mass is 177 g/mol. The molecule has 0 aromatic carbocycles. The summed E-state index contributed by atoms with van der Waals surface area (Å²) in [4.78, 5) is 11.9. The number of anilines is 1. The van der Waals surface area contributed by atoms with Crippen LogP contribution in [0, 0.1) is 0 Å². The van der Waals surface area contributed by atoms with Crippen molar-refractivity contribution >= 4 is 6.01 Å². The van der Waals surface area contributed by atoms with Gasteiger partial charge in [0, 0.05) is 19.4 Å². The molecule has 13 heavy (non-hydrogen) atoms. The van der Waals surface area contributed by atoms with Crippen LogP contribution in [-0.2, 0) is 0 Å². The van der Waals surface area contributed by atoms with E-state index < -0.39 is 0 Å². The van der Waals surface area contributed by atoms with Crippen molar-refractivity contribution in [2.75, 3.05) is 12.4 Å². The Morgan fingerprint density at radius 2 is 2.31 bits per heavy atom. The zero-order valence-electron chi connectivity index (χ0n) is 6.93. The van der Waals surface area contributed by atoms with Crippen LogP contribution in [0.4, 0.5) is 6.01 Å². The molecule has 0 aliphatic heterocycles. The van der Waals surface area contributed by atoms with Gasteiger partial charge in [-0.3, -0.25) is 4.98 Å². The highest BCUT2D eigenvalue weighted by Crippen LogP contribution is 2.12. The molecule has 0 unspecified atom stereocenters. The highest BCUT2D eigenvalue weighted by Gasteiger charge is 2.07. The molecule has 2 aromatic rings. The normalized spacial score (nSPS) is 9.92. The lowest BCUT2D eigenvalue weighted by Gasteiger charge is -1.88. The van der Waals surface area contributed by atoms with Crippen molar-refractivity contribution in [3.63, 3.8) is 0 Å². The SMILES string of the molecule is CNc1nc(-c2cnccn2)no1. The first kappa shape index (κ1) is 7.66. The Kier molecular flexibility index (Phi) is 1.87. The Bertz CT molecular complexity index is 385. The standard InChI is InChI=1S/C7H7N5O/c1-8-7-11-6(12-13-7)5-4-9-2-3-10-5/h2-4H,1H3,(H,8,11,12). The second-order valence-electron chi connectivity index (χ2n) is 2.26. The first-order chi connectivity index (χ1) is 6.40. The van der Waals surface area contributed by atoms with E-state index in [-0.39, 0.29) is 0 Å².